The molecule has 3 atom stereocenters. The van der Waals surface area contributed by atoms with Gasteiger partial charge in [0.15, 0.2) is 5.79 Å². The van der Waals surface area contributed by atoms with E-state index in [4.69, 9.17) is 18.9 Å². The first-order chi connectivity index (χ1) is 8.72. The van der Waals surface area contributed by atoms with E-state index in [9.17, 15) is 4.79 Å². The van der Waals surface area contributed by atoms with Crippen LogP contribution in [-0.2, 0) is 23.7 Å². The first-order valence-electron chi connectivity index (χ1n) is 6.79. The van der Waals surface area contributed by atoms with Gasteiger partial charge in [0, 0.05) is 5.92 Å². The van der Waals surface area contributed by atoms with E-state index in [1.54, 1.807) is 0 Å². The van der Waals surface area contributed by atoms with E-state index in [0.29, 0.717) is 6.61 Å². The normalized spacial score (nSPS) is 36.4. The molecule has 0 aromatic carbocycles. The fourth-order valence-electron chi connectivity index (χ4n) is 2.98. The molecule has 0 aliphatic carbocycles. The van der Waals surface area contributed by atoms with Crippen molar-refractivity contribution < 1.29 is 23.7 Å². The SMILES string of the molecule is COC(=O)C[C@H]1OC(C)(C)C[C@@H]1[C@H]1COC(C)(C)O1. The molecule has 2 aliphatic rings. The minimum atomic E-state index is -0.548. The predicted molar refractivity (Wildman–Crippen MR) is 68.6 cm³/mol. The van der Waals surface area contributed by atoms with Crippen LogP contribution < -0.4 is 0 Å². The number of esters is 1. The van der Waals surface area contributed by atoms with Gasteiger partial charge in [-0.2, -0.15) is 0 Å². The molecular weight excluding hydrogens is 248 g/mol. The average molecular weight is 272 g/mol. The van der Waals surface area contributed by atoms with Crippen molar-refractivity contribution in [1.82, 2.24) is 0 Å². The lowest BCUT2D eigenvalue weighted by Gasteiger charge is -2.24. The van der Waals surface area contributed by atoms with Crippen LogP contribution in [0.4, 0.5) is 0 Å². The van der Waals surface area contributed by atoms with E-state index in [-0.39, 0.29) is 36.1 Å². The van der Waals surface area contributed by atoms with Crippen molar-refractivity contribution in [2.75, 3.05) is 13.7 Å². The van der Waals surface area contributed by atoms with Crippen molar-refractivity contribution in [1.29, 1.82) is 0 Å². The summed E-state index contributed by atoms with van der Waals surface area (Å²) in [6, 6.07) is 0. The Morgan fingerprint density at radius 3 is 2.47 bits per heavy atom. The molecule has 0 aromatic rings. The molecule has 0 unspecified atom stereocenters. The van der Waals surface area contributed by atoms with Gasteiger partial charge < -0.3 is 18.9 Å². The Balaban J connectivity index is 2.06. The molecule has 2 aliphatic heterocycles. The summed E-state index contributed by atoms with van der Waals surface area (Å²) in [7, 11) is 1.40. The maximum Gasteiger partial charge on any atom is 0.308 e. The lowest BCUT2D eigenvalue weighted by atomic mass is 9.88. The van der Waals surface area contributed by atoms with Crippen LogP contribution >= 0.6 is 0 Å². The first-order valence-corrected chi connectivity index (χ1v) is 6.79. The van der Waals surface area contributed by atoms with Gasteiger partial charge in [0.2, 0.25) is 0 Å². The fraction of sp³-hybridized carbons (Fsp3) is 0.929. The Bertz CT molecular complexity index is 350. The largest absolute Gasteiger partial charge is 0.469 e. The summed E-state index contributed by atoms with van der Waals surface area (Å²) in [6.45, 7) is 8.44. The third kappa shape index (κ3) is 3.46. The summed E-state index contributed by atoms with van der Waals surface area (Å²) in [5, 5.41) is 0. The van der Waals surface area contributed by atoms with Crippen LogP contribution in [0.5, 0.6) is 0 Å². The van der Waals surface area contributed by atoms with Crippen LogP contribution in [0, 0.1) is 5.92 Å². The summed E-state index contributed by atoms with van der Waals surface area (Å²) < 4.78 is 22.3. The minimum absolute atomic E-state index is 0.0218. The quantitative estimate of drug-likeness (QED) is 0.734. The standard InChI is InChI=1S/C14H24O5/c1-13(2)7-9(10(18-13)6-12(15)16-5)11-8-17-14(3,4)19-11/h9-11H,6-8H2,1-5H3/t9-,10+,11+/m0/s1. The highest BCUT2D eigenvalue weighted by Gasteiger charge is 2.49. The third-order valence-electron chi connectivity index (χ3n) is 3.78. The molecular formula is C14H24O5. The molecule has 2 rings (SSSR count). The zero-order valence-electron chi connectivity index (χ0n) is 12.4. The molecule has 0 amide bonds. The van der Waals surface area contributed by atoms with Crippen LogP contribution in [-0.4, -0.2) is 43.3 Å². The molecule has 2 saturated heterocycles. The molecule has 19 heavy (non-hydrogen) atoms. The second-order valence-electron chi connectivity index (χ2n) is 6.43. The summed E-state index contributed by atoms with van der Waals surface area (Å²) in [5.74, 6) is -0.630. The number of ether oxygens (including phenoxy) is 4. The Kier molecular flexibility index (Phi) is 3.91. The number of hydrogen-bond donors (Lipinski definition) is 0. The molecule has 5 nitrogen and oxygen atoms in total. The van der Waals surface area contributed by atoms with E-state index >= 15 is 0 Å². The van der Waals surface area contributed by atoms with E-state index in [1.165, 1.54) is 7.11 Å². The van der Waals surface area contributed by atoms with Gasteiger partial charge in [0.1, 0.15) is 0 Å². The Hall–Kier alpha value is -0.650. The van der Waals surface area contributed by atoms with Gasteiger partial charge in [-0.15, -0.1) is 0 Å². The molecule has 2 heterocycles. The highest BCUT2D eigenvalue weighted by atomic mass is 16.7. The number of hydrogen-bond acceptors (Lipinski definition) is 5. The molecule has 0 saturated carbocycles. The fourth-order valence-corrected chi connectivity index (χ4v) is 2.98. The van der Waals surface area contributed by atoms with Gasteiger partial charge >= 0.3 is 5.97 Å². The van der Waals surface area contributed by atoms with Gasteiger partial charge in [0.25, 0.3) is 0 Å². The van der Waals surface area contributed by atoms with Gasteiger partial charge in [-0.25, -0.2) is 0 Å². The third-order valence-corrected chi connectivity index (χ3v) is 3.78. The van der Waals surface area contributed by atoms with E-state index in [2.05, 4.69) is 0 Å². The summed E-state index contributed by atoms with van der Waals surface area (Å²) in [6.07, 6.45) is 0.945. The highest BCUT2D eigenvalue weighted by molar-refractivity contribution is 5.69. The topological polar surface area (TPSA) is 54.0 Å². The predicted octanol–water partition coefficient (Wildman–Crippen LogP) is 1.88. The number of carbonyl (C=O) groups is 1. The van der Waals surface area contributed by atoms with Crippen molar-refractivity contribution in [3.63, 3.8) is 0 Å². The molecule has 0 spiro atoms. The lowest BCUT2D eigenvalue weighted by Crippen LogP contribution is -2.33. The second-order valence-corrected chi connectivity index (χ2v) is 6.43. The van der Waals surface area contributed by atoms with E-state index in [1.807, 2.05) is 27.7 Å². The second kappa shape index (κ2) is 5.04. The van der Waals surface area contributed by atoms with Gasteiger partial charge in [0.05, 0.1) is 37.9 Å². The zero-order chi connectivity index (χ0) is 14.3. The van der Waals surface area contributed by atoms with Crippen molar-refractivity contribution in [3.8, 4) is 0 Å². The molecule has 0 aromatic heterocycles. The molecule has 5 heteroatoms. The van der Waals surface area contributed by atoms with Crippen molar-refractivity contribution in [3.05, 3.63) is 0 Å². The molecule has 2 fully saturated rings. The summed E-state index contributed by atoms with van der Waals surface area (Å²) >= 11 is 0. The monoisotopic (exact) mass is 272 g/mol. The zero-order valence-corrected chi connectivity index (χ0v) is 12.4. The van der Waals surface area contributed by atoms with E-state index in [0.717, 1.165) is 6.42 Å². The van der Waals surface area contributed by atoms with Crippen LogP contribution in [0.3, 0.4) is 0 Å². The van der Waals surface area contributed by atoms with Crippen molar-refractivity contribution in [2.45, 2.75) is 64.1 Å². The van der Waals surface area contributed by atoms with Gasteiger partial charge in [-0.1, -0.05) is 0 Å². The van der Waals surface area contributed by atoms with Gasteiger partial charge in [-0.05, 0) is 34.1 Å². The minimum Gasteiger partial charge on any atom is -0.469 e. The molecule has 110 valence electrons. The van der Waals surface area contributed by atoms with Crippen molar-refractivity contribution >= 4 is 5.97 Å². The Morgan fingerprint density at radius 2 is 1.95 bits per heavy atom. The number of methoxy groups -OCH3 is 1. The molecule has 0 radical (unpaired) electrons. The Labute approximate surface area is 114 Å². The van der Waals surface area contributed by atoms with Gasteiger partial charge in [-0.3, -0.25) is 4.79 Å². The Morgan fingerprint density at radius 1 is 1.26 bits per heavy atom. The van der Waals surface area contributed by atoms with Crippen molar-refractivity contribution in [2.24, 2.45) is 5.92 Å². The summed E-state index contributed by atoms with van der Waals surface area (Å²) in [5.41, 5.74) is -0.237. The van der Waals surface area contributed by atoms with Crippen LogP contribution in [0.15, 0.2) is 0 Å². The van der Waals surface area contributed by atoms with Crippen LogP contribution in [0.25, 0.3) is 0 Å². The number of carbonyl (C=O) groups excluding carboxylic acids is 1. The maximum atomic E-state index is 11.5. The highest BCUT2D eigenvalue weighted by Crippen LogP contribution is 2.42. The number of rotatable bonds is 3. The maximum absolute atomic E-state index is 11.5. The first kappa shape index (κ1) is 14.8. The molecule has 0 N–H and O–H groups in total. The average Bonchev–Trinajstić information content (AvgIpc) is 2.78. The molecule has 0 bridgehead atoms. The summed E-state index contributed by atoms with van der Waals surface area (Å²) in [4.78, 5) is 11.5. The van der Waals surface area contributed by atoms with Crippen LogP contribution in [0.1, 0.15) is 40.5 Å². The van der Waals surface area contributed by atoms with E-state index < -0.39 is 5.79 Å². The smallest absolute Gasteiger partial charge is 0.308 e. The van der Waals surface area contributed by atoms with Crippen LogP contribution in [0.2, 0.25) is 0 Å². The lowest BCUT2D eigenvalue weighted by molar-refractivity contribution is -0.151.